The lowest BCUT2D eigenvalue weighted by molar-refractivity contribution is 0.102. The fraction of sp³-hybridized carbons (Fsp3) is 0.0952. The molecule has 0 atom stereocenters. The number of nitrogens with one attached hydrogen (secondary N) is 2. The molecule has 140 valence electrons. The Morgan fingerprint density at radius 3 is 2.68 bits per heavy atom. The van der Waals surface area contributed by atoms with Gasteiger partial charge in [0.1, 0.15) is 17.3 Å². The molecule has 0 unspecified atom stereocenters. The van der Waals surface area contributed by atoms with Crippen molar-refractivity contribution in [1.29, 1.82) is 5.26 Å². The standard InChI is InChI=1S/C21H18N4O3/c1-27-17-6-7-19(28-2)18(12-17)25-21(26)15-8-9-23-20(11-15)24-16-5-3-4-14(10-16)13-22/h3-12H,1-2H3,(H,23,24)(H,25,26). The SMILES string of the molecule is COc1ccc(OC)c(NC(=O)c2ccnc(Nc3cccc(C#N)c3)c2)c1. The van der Waals surface area contributed by atoms with Crippen LogP contribution >= 0.6 is 0 Å². The fourth-order valence-electron chi connectivity index (χ4n) is 2.56. The van der Waals surface area contributed by atoms with Gasteiger partial charge in [-0.15, -0.1) is 0 Å². The molecule has 0 saturated heterocycles. The number of nitriles is 1. The van der Waals surface area contributed by atoms with Crippen LogP contribution in [-0.4, -0.2) is 25.1 Å². The first-order chi connectivity index (χ1) is 13.6. The Labute approximate surface area is 162 Å². The summed E-state index contributed by atoms with van der Waals surface area (Å²) < 4.78 is 10.5. The van der Waals surface area contributed by atoms with Crippen molar-refractivity contribution in [1.82, 2.24) is 4.98 Å². The van der Waals surface area contributed by atoms with Gasteiger partial charge in [-0.1, -0.05) is 6.07 Å². The molecular formula is C21H18N4O3. The Morgan fingerprint density at radius 1 is 1.07 bits per heavy atom. The van der Waals surface area contributed by atoms with Crippen LogP contribution in [0.2, 0.25) is 0 Å². The Hall–Kier alpha value is -4.05. The normalized spacial score (nSPS) is 9.89. The summed E-state index contributed by atoms with van der Waals surface area (Å²) >= 11 is 0. The average Bonchev–Trinajstić information content (AvgIpc) is 2.74. The van der Waals surface area contributed by atoms with Crippen LogP contribution in [0.15, 0.2) is 60.8 Å². The van der Waals surface area contributed by atoms with Gasteiger partial charge < -0.3 is 20.1 Å². The monoisotopic (exact) mass is 374 g/mol. The van der Waals surface area contributed by atoms with E-state index in [4.69, 9.17) is 14.7 Å². The summed E-state index contributed by atoms with van der Waals surface area (Å²) in [4.78, 5) is 16.9. The molecule has 1 aromatic heterocycles. The summed E-state index contributed by atoms with van der Waals surface area (Å²) in [6, 6.07) is 17.5. The van der Waals surface area contributed by atoms with Gasteiger partial charge in [0.15, 0.2) is 0 Å². The molecule has 0 spiro atoms. The van der Waals surface area contributed by atoms with E-state index in [-0.39, 0.29) is 5.91 Å². The van der Waals surface area contributed by atoms with Crippen molar-refractivity contribution in [2.45, 2.75) is 0 Å². The lowest BCUT2D eigenvalue weighted by Crippen LogP contribution is -2.13. The number of nitrogens with zero attached hydrogens (tertiary/aromatic N) is 2. The second-order valence-corrected chi connectivity index (χ2v) is 5.77. The third-order valence-corrected chi connectivity index (χ3v) is 3.94. The maximum Gasteiger partial charge on any atom is 0.255 e. The summed E-state index contributed by atoms with van der Waals surface area (Å²) in [7, 11) is 3.08. The van der Waals surface area contributed by atoms with Crippen LogP contribution in [0.4, 0.5) is 17.2 Å². The van der Waals surface area contributed by atoms with Crippen LogP contribution in [0.25, 0.3) is 0 Å². The number of amides is 1. The molecule has 1 amide bonds. The highest BCUT2D eigenvalue weighted by Crippen LogP contribution is 2.29. The average molecular weight is 374 g/mol. The fourth-order valence-corrected chi connectivity index (χ4v) is 2.56. The van der Waals surface area contributed by atoms with Gasteiger partial charge in [-0.05, 0) is 42.5 Å². The number of ether oxygens (including phenoxy) is 2. The third kappa shape index (κ3) is 4.37. The largest absolute Gasteiger partial charge is 0.497 e. The van der Waals surface area contributed by atoms with Gasteiger partial charge in [0.2, 0.25) is 0 Å². The molecule has 7 nitrogen and oxygen atoms in total. The van der Waals surface area contributed by atoms with Crippen molar-refractivity contribution >= 4 is 23.1 Å². The highest BCUT2D eigenvalue weighted by atomic mass is 16.5. The molecule has 0 aliphatic carbocycles. The minimum Gasteiger partial charge on any atom is -0.497 e. The molecule has 0 radical (unpaired) electrons. The topological polar surface area (TPSA) is 96.3 Å². The Bertz CT molecular complexity index is 1040. The number of carbonyl (C=O) groups is 1. The van der Waals surface area contributed by atoms with E-state index in [0.717, 1.165) is 0 Å². The predicted octanol–water partition coefficient (Wildman–Crippen LogP) is 3.97. The van der Waals surface area contributed by atoms with Crippen molar-refractivity contribution in [2.24, 2.45) is 0 Å². The van der Waals surface area contributed by atoms with Gasteiger partial charge in [-0.25, -0.2) is 4.98 Å². The summed E-state index contributed by atoms with van der Waals surface area (Å²) in [6.07, 6.45) is 1.54. The highest BCUT2D eigenvalue weighted by Gasteiger charge is 2.12. The molecule has 0 bridgehead atoms. The number of methoxy groups -OCH3 is 2. The van der Waals surface area contributed by atoms with Crippen LogP contribution < -0.4 is 20.1 Å². The second kappa shape index (κ2) is 8.56. The Morgan fingerprint density at radius 2 is 1.93 bits per heavy atom. The minimum absolute atomic E-state index is 0.317. The first-order valence-corrected chi connectivity index (χ1v) is 8.39. The van der Waals surface area contributed by atoms with Gasteiger partial charge >= 0.3 is 0 Å². The van der Waals surface area contributed by atoms with Gasteiger partial charge in [0.05, 0.1) is 31.5 Å². The molecule has 1 heterocycles. The molecule has 7 heteroatoms. The molecule has 0 aliphatic heterocycles. The van der Waals surface area contributed by atoms with Gasteiger partial charge in [-0.3, -0.25) is 4.79 Å². The number of carbonyl (C=O) groups excluding carboxylic acids is 1. The number of hydrogen-bond donors (Lipinski definition) is 2. The van der Waals surface area contributed by atoms with Crippen LogP contribution in [0, 0.1) is 11.3 Å². The van der Waals surface area contributed by atoms with Crippen LogP contribution in [0.1, 0.15) is 15.9 Å². The van der Waals surface area contributed by atoms with Gasteiger partial charge in [0, 0.05) is 23.5 Å². The lowest BCUT2D eigenvalue weighted by Gasteiger charge is -2.12. The number of anilines is 3. The van der Waals surface area contributed by atoms with E-state index in [0.29, 0.717) is 39.8 Å². The molecule has 0 saturated carbocycles. The van der Waals surface area contributed by atoms with E-state index in [1.54, 1.807) is 55.6 Å². The van der Waals surface area contributed by atoms with Crippen molar-refractivity contribution in [2.75, 3.05) is 24.9 Å². The Balaban J connectivity index is 1.80. The first-order valence-electron chi connectivity index (χ1n) is 8.39. The minimum atomic E-state index is -0.317. The van der Waals surface area contributed by atoms with E-state index >= 15 is 0 Å². The van der Waals surface area contributed by atoms with Gasteiger partial charge in [0.25, 0.3) is 5.91 Å². The number of aromatic nitrogens is 1. The number of benzene rings is 2. The number of pyridine rings is 1. The van der Waals surface area contributed by atoms with Crippen molar-refractivity contribution in [3.63, 3.8) is 0 Å². The maximum absolute atomic E-state index is 12.7. The molecule has 3 rings (SSSR count). The molecule has 2 N–H and O–H groups in total. The first kappa shape index (κ1) is 18.7. The van der Waals surface area contributed by atoms with Crippen molar-refractivity contribution < 1.29 is 14.3 Å². The van der Waals surface area contributed by atoms with E-state index in [2.05, 4.69) is 21.7 Å². The lowest BCUT2D eigenvalue weighted by atomic mass is 10.2. The summed E-state index contributed by atoms with van der Waals surface area (Å²) in [5.41, 5.74) is 2.15. The van der Waals surface area contributed by atoms with Crippen molar-refractivity contribution in [3.05, 3.63) is 71.9 Å². The zero-order chi connectivity index (χ0) is 19.9. The number of hydrogen-bond acceptors (Lipinski definition) is 6. The molecular weight excluding hydrogens is 356 g/mol. The van der Waals surface area contributed by atoms with Gasteiger partial charge in [-0.2, -0.15) is 5.26 Å². The van der Waals surface area contributed by atoms with E-state index < -0.39 is 0 Å². The molecule has 0 aliphatic rings. The van der Waals surface area contributed by atoms with Crippen LogP contribution in [-0.2, 0) is 0 Å². The molecule has 0 fully saturated rings. The maximum atomic E-state index is 12.7. The predicted molar refractivity (Wildman–Crippen MR) is 106 cm³/mol. The zero-order valence-electron chi connectivity index (χ0n) is 15.4. The highest BCUT2D eigenvalue weighted by molar-refractivity contribution is 6.05. The quantitative estimate of drug-likeness (QED) is 0.678. The van der Waals surface area contributed by atoms with Crippen LogP contribution in [0.3, 0.4) is 0 Å². The van der Waals surface area contributed by atoms with Crippen LogP contribution in [0.5, 0.6) is 11.5 Å². The Kier molecular flexibility index (Phi) is 5.72. The van der Waals surface area contributed by atoms with Crippen molar-refractivity contribution in [3.8, 4) is 17.6 Å². The third-order valence-electron chi connectivity index (χ3n) is 3.94. The zero-order valence-corrected chi connectivity index (χ0v) is 15.4. The summed E-state index contributed by atoms with van der Waals surface area (Å²) in [5.74, 6) is 1.29. The molecule has 3 aromatic rings. The number of rotatable bonds is 6. The second-order valence-electron chi connectivity index (χ2n) is 5.77. The van der Waals surface area contributed by atoms with E-state index in [1.165, 1.54) is 13.3 Å². The smallest absolute Gasteiger partial charge is 0.255 e. The summed E-state index contributed by atoms with van der Waals surface area (Å²) in [5, 5.41) is 14.9. The van der Waals surface area contributed by atoms with E-state index in [1.807, 2.05) is 6.07 Å². The molecule has 2 aromatic carbocycles. The summed E-state index contributed by atoms with van der Waals surface area (Å²) in [6.45, 7) is 0. The molecule has 28 heavy (non-hydrogen) atoms. The van der Waals surface area contributed by atoms with E-state index in [9.17, 15) is 4.79 Å².